The minimum atomic E-state index is -0.419. The van der Waals surface area contributed by atoms with Crippen LogP contribution in [0.5, 0.6) is 0 Å². The minimum Gasteiger partial charge on any atom is -0.361 e. The van der Waals surface area contributed by atoms with Crippen LogP contribution in [0.3, 0.4) is 0 Å². The number of nitrogens with two attached hydrogens (primary N) is 1. The van der Waals surface area contributed by atoms with Crippen LogP contribution in [0, 0.1) is 0 Å². The monoisotopic (exact) mass is 400 g/mol. The van der Waals surface area contributed by atoms with Crippen LogP contribution in [-0.2, 0) is 11.2 Å². The van der Waals surface area contributed by atoms with Gasteiger partial charge in [0.15, 0.2) is 0 Å². The molecule has 1 atom stereocenters. The molecule has 3 nitrogen and oxygen atoms in total. The van der Waals surface area contributed by atoms with Crippen molar-refractivity contribution in [2.75, 3.05) is 0 Å². The van der Waals surface area contributed by atoms with Crippen LogP contribution in [0.1, 0.15) is 67.9 Å². The van der Waals surface area contributed by atoms with Crippen LogP contribution in [0.25, 0.3) is 10.9 Å². The van der Waals surface area contributed by atoms with E-state index in [1.54, 1.807) is 0 Å². The lowest BCUT2D eigenvalue weighted by atomic mass is 10.0. The number of halogens is 1. The number of hydrogen-bond donors (Lipinski definition) is 2. The van der Waals surface area contributed by atoms with Gasteiger partial charge in [-0.05, 0) is 37.1 Å². The Morgan fingerprint density at radius 1 is 1.08 bits per heavy atom. The van der Waals surface area contributed by atoms with Crippen molar-refractivity contribution in [3.63, 3.8) is 0 Å². The lowest BCUT2D eigenvalue weighted by Gasteiger charge is -2.06. The van der Waals surface area contributed by atoms with E-state index < -0.39 is 6.04 Å². The molecule has 0 aliphatic rings. The van der Waals surface area contributed by atoms with Gasteiger partial charge in [0, 0.05) is 21.6 Å². The van der Waals surface area contributed by atoms with E-state index in [9.17, 15) is 4.79 Å². The maximum absolute atomic E-state index is 11.1. The number of H-pyrrole nitrogens is 1. The van der Waals surface area contributed by atoms with Crippen LogP contribution < -0.4 is 5.73 Å². The molecule has 0 saturated heterocycles. The van der Waals surface area contributed by atoms with Gasteiger partial charge in [0.1, 0.15) is 5.78 Å². The van der Waals surface area contributed by atoms with Crippen molar-refractivity contribution in [3.8, 4) is 0 Å². The fraction of sp³-hybridized carbons (Fsp3) is 0.550. The Hall–Kier alpha value is -1.13. The smallest absolute Gasteiger partial charge is 0.146 e. The number of ketones is 1. The SMILES string of the molecule is CC.CC.CC.CC.CC(=O)C(N)Cc1c[nH]c2ccc(Br)cc12. The van der Waals surface area contributed by atoms with E-state index in [2.05, 4.69) is 20.9 Å². The quantitative estimate of drug-likeness (QED) is 0.617. The van der Waals surface area contributed by atoms with Crippen LogP contribution in [0.2, 0.25) is 0 Å². The zero-order valence-corrected chi connectivity index (χ0v) is 18.5. The first-order valence-electron chi connectivity index (χ1n) is 9.09. The topological polar surface area (TPSA) is 58.9 Å². The van der Waals surface area contributed by atoms with E-state index in [1.165, 1.54) is 6.92 Å². The summed E-state index contributed by atoms with van der Waals surface area (Å²) in [6.45, 7) is 17.5. The van der Waals surface area contributed by atoms with Crippen molar-refractivity contribution in [3.05, 3.63) is 34.4 Å². The summed E-state index contributed by atoms with van der Waals surface area (Å²) >= 11 is 3.43. The summed E-state index contributed by atoms with van der Waals surface area (Å²) in [4.78, 5) is 14.3. The fourth-order valence-electron chi connectivity index (χ4n) is 1.70. The largest absolute Gasteiger partial charge is 0.361 e. The van der Waals surface area contributed by atoms with Gasteiger partial charge < -0.3 is 10.7 Å². The number of aromatic nitrogens is 1. The molecular formula is C20H37BrN2O. The lowest BCUT2D eigenvalue weighted by Crippen LogP contribution is -2.30. The van der Waals surface area contributed by atoms with Crippen molar-refractivity contribution in [1.29, 1.82) is 0 Å². The van der Waals surface area contributed by atoms with Gasteiger partial charge in [-0.2, -0.15) is 0 Å². The molecule has 0 bridgehead atoms. The highest BCUT2D eigenvalue weighted by molar-refractivity contribution is 9.10. The standard InChI is InChI=1S/C12H13BrN2O.4C2H6/c1-7(16)11(14)4-8-6-15-12-3-2-9(13)5-10(8)12;4*1-2/h2-3,5-6,11,15H,4,14H2,1H3;4*1-2H3. The van der Waals surface area contributed by atoms with Crippen LogP contribution in [0.15, 0.2) is 28.9 Å². The average molecular weight is 401 g/mol. The van der Waals surface area contributed by atoms with Crippen molar-refractivity contribution < 1.29 is 4.79 Å². The molecule has 1 unspecified atom stereocenters. The molecule has 140 valence electrons. The molecule has 1 heterocycles. The second-order valence-electron chi connectivity index (χ2n) is 3.93. The van der Waals surface area contributed by atoms with Gasteiger partial charge in [-0.15, -0.1) is 0 Å². The molecule has 0 saturated carbocycles. The minimum absolute atomic E-state index is 0.0179. The number of carbonyl (C=O) groups is 1. The molecule has 1 aromatic heterocycles. The second kappa shape index (κ2) is 18.2. The molecule has 3 N–H and O–H groups in total. The molecule has 0 aliphatic heterocycles. The molecule has 0 spiro atoms. The maximum Gasteiger partial charge on any atom is 0.146 e. The van der Waals surface area contributed by atoms with Crippen molar-refractivity contribution in [1.82, 2.24) is 4.98 Å². The van der Waals surface area contributed by atoms with Crippen molar-refractivity contribution in [2.45, 2.75) is 74.8 Å². The molecule has 0 aliphatic carbocycles. The number of fused-ring (bicyclic) bond motifs is 1. The first-order chi connectivity index (χ1) is 11.6. The number of aromatic amines is 1. The van der Waals surface area contributed by atoms with Crippen LogP contribution in [0.4, 0.5) is 0 Å². The second-order valence-corrected chi connectivity index (χ2v) is 4.84. The highest BCUT2D eigenvalue weighted by Crippen LogP contribution is 2.23. The fourth-order valence-corrected chi connectivity index (χ4v) is 2.06. The molecule has 1 aromatic carbocycles. The van der Waals surface area contributed by atoms with E-state index in [4.69, 9.17) is 5.73 Å². The first-order valence-corrected chi connectivity index (χ1v) is 9.89. The van der Waals surface area contributed by atoms with Gasteiger partial charge >= 0.3 is 0 Å². The Balaban J connectivity index is -0.000000484. The molecule has 0 radical (unpaired) electrons. The predicted octanol–water partition coefficient (Wildman–Crippen LogP) is 6.49. The highest BCUT2D eigenvalue weighted by Gasteiger charge is 2.12. The van der Waals surface area contributed by atoms with Crippen molar-refractivity contribution in [2.24, 2.45) is 5.73 Å². The lowest BCUT2D eigenvalue weighted by molar-refractivity contribution is -0.118. The van der Waals surface area contributed by atoms with Gasteiger partial charge in [-0.3, -0.25) is 4.79 Å². The number of rotatable bonds is 3. The third kappa shape index (κ3) is 9.89. The molecule has 4 heteroatoms. The number of hydrogen-bond acceptors (Lipinski definition) is 2. The third-order valence-corrected chi connectivity index (χ3v) is 3.18. The summed E-state index contributed by atoms with van der Waals surface area (Å²) in [5, 5.41) is 1.12. The van der Waals surface area contributed by atoms with Gasteiger partial charge in [0.05, 0.1) is 6.04 Å². The molecule has 0 amide bonds. The molecular weight excluding hydrogens is 364 g/mol. The van der Waals surface area contributed by atoms with Crippen molar-refractivity contribution >= 4 is 32.6 Å². The Bertz CT molecular complexity index is 535. The van der Waals surface area contributed by atoms with Crippen LogP contribution in [-0.4, -0.2) is 16.8 Å². The normalized spacial score (nSPS) is 9.62. The molecule has 2 aromatic rings. The average Bonchev–Trinajstić information content (AvgIpc) is 3.04. The molecule has 0 fully saturated rings. The van der Waals surface area contributed by atoms with Crippen LogP contribution >= 0.6 is 15.9 Å². The third-order valence-electron chi connectivity index (χ3n) is 2.69. The number of carbonyl (C=O) groups excluding carboxylic acids is 1. The zero-order valence-electron chi connectivity index (χ0n) is 17.0. The number of nitrogens with one attached hydrogen (secondary N) is 1. The zero-order chi connectivity index (χ0) is 19.7. The number of Topliss-reactive ketones (excluding diaryl/α,β-unsaturated/α-hetero) is 1. The summed E-state index contributed by atoms with van der Waals surface area (Å²) < 4.78 is 1.03. The summed E-state index contributed by atoms with van der Waals surface area (Å²) in [6.07, 6.45) is 2.49. The predicted molar refractivity (Wildman–Crippen MR) is 114 cm³/mol. The Labute approximate surface area is 157 Å². The Morgan fingerprint density at radius 3 is 2.04 bits per heavy atom. The van der Waals surface area contributed by atoms with Gasteiger partial charge in [-0.25, -0.2) is 0 Å². The summed E-state index contributed by atoms with van der Waals surface area (Å²) in [5.41, 5.74) is 7.91. The highest BCUT2D eigenvalue weighted by atomic mass is 79.9. The Morgan fingerprint density at radius 2 is 1.58 bits per heavy atom. The van der Waals surface area contributed by atoms with Gasteiger partial charge in [-0.1, -0.05) is 71.3 Å². The van der Waals surface area contributed by atoms with E-state index >= 15 is 0 Å². The molecule has 2 rings (SSSR count). The Kier molecular flexibility index (Phi) is 21.0. The van der Waals surface area contributed by atoms with E-state index in [0.717, 1.165) is 20.9 Å². The maximum atomic E-state index is 11.1. The molecule has 24 heavy (non-hydrogen) atoms. The van der Waals surface area contributed by atoms with E-state index in [-0.39, 0.29) is 5.78 Å². The van der Waals surface area contributed by atoms with Gasteiger partial charge in [0.25, 0.3) is 0 Å². The number of benzene rings is 1. The van der Waals surface area contributed by atoms with E-state index in [1.807, 2.05) is 79.8 Å². The summed E-state index contributed by atoms with van der Waals surface area (Å²) in [5.74, 6) is 0.0179. The van der Waals surface area contributed by atoms with E-state index in [0.29, 0.717) is 6.42 Å². The summed E-state index contributed by atoms with van der Waals surface area (Å²) in [7, 11) is 0. The van der Waals surface area contributed by atoms with Gasteiger partial charge in [0.2, 0.25) is 0 Å². The first kappa shape index (κ1) is 27.7. The summed E-state index contributed by atoms with van der Waals surface area (Å²) in [6, 6.07) is 5.60.